The zero-order chi connectivity index (χ0) is 33.5. The van der Waals surface area contributed by atoms with Crippen LogP contribution in [0.25, 0.3) is 88.4 Å². The van der Waals surface area contributed by atoms with Gasteiger partial charge in [0.25, 0.3) is 0 Å². The van der Waals surface area contributed by atoms with Crippen LogP contribution in [0.2, 0.25) is 0 Å². The number of para-hydroxylation sites is 3. The lowest BCUT2D eigenvalue weighted by Crippen LogP contribution is -1.94. The van der Waals surface area contributed by atoms with E-state index in [1.807, 2.05) is 0 Å². The van der Waals surface area contributed by atoms with E-state index in [-0.39, 0.29) is 0 Å². The minimum atomic E-state index is 0.996. The summed E-state index contributed by atoms with van der Waals surface area (Å²) < 4.78 is 4.82. The fraction of sp³-hybridized carbons (Fsp3) is 0.0204. The third-order valence-electron chi connectivity index (χ3n) is 10.9. The molecule has 0 unspecified atom stereocenters. The second-order valence-electron chi connectivity index (χ2n) is 13.8. The maximum absolute atomic E-state index is 2.43. The number of hydrogen-bond donors (Lipinski definition) is 0. The molecule has 8 aromatic carbocycles. The number of fused-ring (bicyclic) bond motifs is 9. The number of aromatic nitrogens is 2. The molecule has 0 radical (unpaired) electrons. The highest BCUT2D eigenvalue weighted by molar-refractivity contribution is 6.12. The Morgan fingerprint density at radius 3 is 1.73 bits per heavy atom. The Labute approximate surface area is 296 Å². The van der Waals surface area contributed by atoms with Gasteiger partial charge in [-0.2, -0.15) is 0 Å². The van der Waals surface area contributed by atoms with Crippen molar-refractivity contribution < 1.29 is 0 Å². The molecule has 10 aromatic rings. The molecule has 0 bridgehead atoms. The second kappa shape index (κ2) is 10.9. The Balaban J connectivity index is 1.04. The third kappa shape index (κ3) is 4.30. The Kier molecular flexibility index (Phi) is 6.05. The molecular weight excluding hydrogens is 617 g/mol. The van der Waals surface area contributed by atoms with Crippen LogP contribution in [0.1, 0.15) is 11.1 Å². The first kappa shape index (κ1) is 28.2. The summed E-state index contributed by atoms with van der Waals surface area (Å²) in [5.74, 6) is 0. The van der Waals surface area contributed by atoms with Gasteiger partial charge in [0.15, 0.2) is 0 Å². The van der Waals surface area contributed by atoms with Crippen LogP contribution in [0.4, 0.5) is 0 Å². The third-order valence-corrected chi connectivity index (χ3v) is 10.9. The van der Waals surface area contributed by atoms with E-state index in [9.17, 15) is 0 Å². The van der Waals surface area contributed by atoms with Crippen LogP contribution in [-0.4, -0.2) is 9.13 Å². The monoisotopic (exact) mass is 648 g/mol. The topological polar surface area (TPSA) is 9.86 Å². The van der Waals surface area contributed by atoms with Crippen molar-refractivity contribution in [2.75, 3.05) is 0 Å². The van der Waals surface area contributed by atoms with Crippen molar-refractivity contribution in [3.8, 4) is 44.8 Å². The SMILES string of the molecule is c1ccc(-n2c3ccccc3c3ccc(-c4ccc5c(c4)c4ccccc4n5-c4cccc(-c5ccc6c(c5)Cc5ccccc5-6)c4)cc32)cc1. The standard InChI is InChI=1S/C49H32N2/c1-2-13-38(14-3-1)50-46-19-8-6-17-42(46)44-25-22-35(31-49(44)50)34-23-26-48-45(30-34)43-18-7-9-20-47(43)51(48)39-15-10-12-32(29-39)33-21-24-41-37(27-33)28-36-11-4-5-16-40(36)41/h1-27,29-31H,28H2. The maximum atomic E-state index is 2.43. The zero-order valence-electron chi connectivity index (χ0n) is 27.9. The Morgan fingerprint density at radius 2 is 0.863 bits per heavy atom. The summed E-state index contributed by atoms with van der Waals surface area (Å²) in [5.41, 5.74) is 17.7. The predicted molar refractivity (Wildman–Crippen MR) is 214 cm³/mol. The molecule has 2 heteroatoms. The molecule has 0 saturated heterocycles. The van der Waals surface area contributed by atoms with Crippen LogP contribution in [0.15, 0.2) is 182 Å². The summed E-state index contributed by atoms with van der Waals surface area (Å²) in [5, 5.41) is 5.05. The van der Waals surface area contributed by atoms with E-state index in [4.69, 9.17) is 0 Å². The highest BCUT2D eigenvalue weighted by Crippen LogP contribution is 2.41. The van der Waals surface area contributed by atoms with Crippen molar-refractivity contribution in [1.82, 2.24) is 9.13 Å². The van der Waals surface area contributed by atoms with Crippen LogP contribution in [0.5, 0.6) is 0 Å². The van der Waals surface area contributed by atoms with E-state index < -0.39 is 0 Å². The summed E-state index contributed by atoms with van der Waals surface area (Å²) >= 11 is 0. The molecule has 0 fully saturated rings. The summed E-state index contributed by atoms with van der Waals surface area (Å²) in [4.78, 5) is 0. The van der Waals surface area contributed by atoms with Crippen molar-refractivity contribution in [1.29, 1.82) is 0 Å². The highest BCUT2D eigenvalue weighted by atomic mass is 15.0. The number of hydrogen-bond acceptors (Lipinski definition) is 0. The summed E-state index contributed by atoms with van der Waals surface area (Å²) in [6.07, 6.45) is 0.996. The van der Waals surface area contributed by atoms with Crippen molar-refractivity contribution in [2.24, 2.45) is 0 Å². The van der Waals surface area contributed by atoms with Gasteiger partial charge in [-0.05, 0) is 106 Å². The second-order valence-corrected chi connectivity index (χ2v) is 13.8. The van der Waals surface area contributed by atoms with E-state index in [1.54, 1.807) is 0 Å². The van der Waals surface area contributed by atoms with Gasteiger partial charge in [0.1, 0.15) is 0 Å². The van der Waals surface area contributed by atoms with Gasteiger partial charge in [0.05, 0.1) is 22.1 Å². The largest absolute Gasteiger partial charge is 0.309 e. The number of rotatable bonds is 4. The Bertz CT molecular complexity index is 2990. The van der Waals surface area contributed by atoms with Gasteiger partial charge in [-0.3, -0.25) is 0 Å². The molecule has 2 heterocycles. The molecule has 11 rings (SSSR count). The average molecular weight is 649 g/mol. The zero-order valence-corrected chi connectivity index (χ0v) is 27.9. The smallest absolute Gasteiger partial charge is 0.0547 e. The first-order valence-electron chi connectivity index (χ1n) is 17.7. The molecular formula is C49H32N2. The Hall–Kier alpha value is -6.64. The quantitative estimate of drug-likeness (QED) is 0.180. The van der Waals surface area contributed by atoms with Crippen LogP contribution >= 0.6 is 0 Å². The lowest BCUT2D eigenvalue weighted by molar-refractivity contribution is 1.18. The van der Waals surface area contributed by atoms with Gasteiger partial charge in [0, 0.05) is 32.9 Å². The van der Waals surface area contributed by atoms with E-state index in [1.165, 1.54) is 99.5 Å². The van der Waals surface area contributed by atoms with Gasteiger partial charge in [0.2, 0.25) is 0 Å². The lowest BCUT2D eigenvalue weighted by Gasteiger charge is -2.12. The number of nitrogens with zero attached hydrogens (tertiary/aromatic N) is 2. The van der Waals surface area contributed by atoms with Crippen LogP contribution in [0.3, 0.4) is 0 Å². The van der Waals surface area contributed by atoms with Crippen molar-refractivity contribution >= 4 is 43.6 Å². The maximum Gasteiger partial charge on any atom is 0.0547 e. The van der Waals surface area contributed by atoms with E-state index in [0.29, 0.717) is 0 Å². The molecule has 2 aromatic heterocycles. The molecule has 2 nitrogen and oxygen atoms in total. The summed E-state index contributed by atoms with van der Waals surface area (Å²) in [7, 11) is 0. The van der Waals surface area contributed by atoms with E-state index in [2.05, 4.69) is 191 Å². The molecule has 51 heavy (non-hydrogen) atoms. The minimum Gasteiger partial charge on any atom is -0.309 e. The molecule has 0 amide bonds. The molecule has 238 valence electrons. The number of benzene rings is 8. The van der Waals surface area contributed by atoms with Gasteiger partial charge >= 0.3 is 0 Å². The van der Waals surface area contributed by atoms with Gasteiger partial charge < -0.3 is 9.13 Å². The normalized spacial score (nSPS) is 12.2. The highest BCUT2D eigenvalue weighted by Gasteiger charge is 2.19. The van der Waals surface area contributed by atoms with E-state index in [0.717, 1.165) is 6.42 Å². The van der Waals surface area contributed by atoms with Crippen molar-refractivity contribution in [3.63, 3.8) is 0 Å². The molecule has 1 aliphatic carbocycles. The summed E-state index contributed by atoms with van der Waals surface area (Å²) in [6.45, 7) is 0. The molecule has 1 aliphatic rings. The van der Waals surface area contributed by atoms with Crippen LogP contribution in [-0.2, 0) is 6.42 Å². The first-order chi connectivity index (χ1) is 25.3. The minimum absolute atomic E-state index is 0.996. The Morgan fingerprint density at radius 1 is 0.294 bits per heavy atom. The molecule has 0 aliphatic heterocycles. The van der Waals surface area contributed by atoms with Gasteiger partial charge in [-0.15, -0.1) is 0 Å². The fourth-order valence-electron chi connectivity index (χ4n) is 8.59. The van der Waals surface area contributed by atoms with Crippen molar-refractivity contribution in [2.45, 2.75) is 6.42 Å². The van der Waals surface area contributed by atoms with Gasteiger partial charge in [-0.25, -0.2) is 0 Å². The molecule has 0 saturated carbocycles. The lowest BCUT2D eigenvalue weighted by atomic mass is 9.99. The molecule has 0 atom stereocenters. The molecule has 0 N–H and O–H groups in total. The summed E-state index contributed by atoms with van der Waals surface area (Å²) in [6, 6.07) is 66.9. The van der Waals surface area contributed by atoms with E-state index >= 15 is 0 Å². The van der Waals surface area contributed by atoms with Crippen molar-refractivity contribution in [3.05, 3.63) is 193 Å². The molecule has 0 spiro atoms. The predicted octanol–water partition coefficient (Wildman–Crippen LogP) is 12.8. The fourth-order valence-corrected chi connectivity index (χ4v) is 8.59. The average Bonchev–Trinajstić information content (AvgIpc) is 3.85. The first-order valence-corrected chi connectivity index (χ1v) is 17.7. The van der Waals surface area contributed by atoms with Crippen LogP contribution in [0, 0.1) is 0 Å². The van der Waals surface area contributed by atoms with Crippen LogP contribution < -0.4 is 0 Å². The van der Waals surface area contributed by atoms with Gasteiger partial charge in [-0.1, -0.05) is 127 Å².